The SMILES string of the molecule is Cc1nc(CC(N)Cc2ccn(C(C)C)n2)cs1. The lowest BCUT2D eigenvalue weighted by Gasteiger charge is -2.08. The van der Waals surface area contributed by atoms with Crippen LogP contribution in [-0.2, 0) is 12.8 Å². The van der Waals surface area contributed by atoms with Crippen molar-refractivity contribution in [2.24, 2.45) is 5.73 Å². The van der Waals surface area contributed by atoms with Crippen molar-refractivity contribution in [1.82, 2.24) is 14.8 Å². The Morgan fingerprint density at radius 3 is 2.61 bits per heavy atom. The number of aryl methyl sites for hydroxylation is 1. The maximum absolute atomic E-state index is 6.15. The van der Waals surface area contributed by atoms with Crippen LogP contribution in [0.4, 0.5) is 0 Å². The molecule has 2 aromatic heterocycles. The van der Waals surface area contributed by atoms with E-state index in [2.05, 4.69) is 29.3 Å². The smallest absolute Gasteiger partial charge is 0.0897 e. The Labute approximate surface area is 112 Å². The molecule has 18 heavy (non-hydrogen) atoms. The monoisotopic (exact) mass is 264 g/mol. The Morgan fingerprint density at radius 1 is 1.33 bits per heavy atom. The van der Waals surface area contributed by atoms with Gasteiger partial charge in [0.05, 0.1) is 16.4 Å². The fourth-order valence-corrected chi connectivity index (χ4v) is 2.51. The maximum Gasteiger partial charge on any atom is 0.0897 e. The largest absolute Gasteiger partial charge is 0.327 e. The minimum atomic E-state index is 0.0852. The number of nitrogens with two attached hydrogens (primary N) is 1. The third-order valence-corrected chi connectivity index (χ3v) is 3.62. The van der Waals surface area contributed by atoms with Gasteiger partial charge in [-0.25, -0.2) is 4.98 Å². The molecule has 0 radical (unpaired) electrons. The van der Waals surface area contributed by atoms with Crippen molar-refractivity contribution in [3.63, 3.8) is 0 Å². The average Bonchev–Trinajstić information content (AvgIpc) is 2.88. The van der Waals surface area contributed by atoms with Gasteiger partial charge in [-0.15, -0.1) is 11.3 Å². The highest BCUT2D eigenvalue weighted by molar-refractivity contribution is 7.09. The first-order chi connectivity index (χ1) is 8.54. The van der Waals surface area contributed by atoms with Crippen molar-refractivity contribution in [3.8, 4) is 0 Å². The van der Waals surface area contributed by atoms with Crippen LogP contribution in [0.15, 0.2) is 17.6 Å². The first-order valence-corrected chi connectivity index (χ1v) is 7.13. The van der Waals surface area contributed by atoms with Gasteiger partial charge in [0.15, 0.2) is 0 Å². The Kier molecular flexibility index (Phi) is 4.14. The standard InChI is InChI=1S/C13H20N4S/c1-9(2)17-5-4-12(16-17)6-11(14)7-13-8-18-10(3)15-13/h4-5,8-9,11H,6-7,14H2,1-3H3. The van der Waals surface area contributed by atoms with E-state index in [1.165, 1.54) is 0 Å². The molecule has 2 aromatic rings. The predicted octanol–water partition coefficient (Wildman–Crippen LogP) is 2.34. The molecule has 0 bridgehead atoms. The molecule has 1 unspecified atom stereocenters. The van der Waals surface area contributed by atoms with E-state index in [4.69, 9.17) is 5.73 Å². The molecule has 0 aliphatic heterocycles. The van der Waals surface area contributed by atoms with E-state index in [0.717, 1.165) is 29.2 Å². The summed E-state index contributed by atoms with van der Waals surface area (Å²) >= 11 is 1.67. The van der Waals surface area contributed by atoms with Gasteiger partial charge in [0.2, 0.25) is 0 Å². The van der Waals surface area contributed by atoms with Crippen LogP contribution in [0.2, 0.25) is 0 Å². The first kappa shape index (κ1) is 13.2. The molecular weight excluding hydrogens is 244 g/mol. The molecule has 0 aliphatic carbocycles. The topological polar surface area (TPSA) is 56.7 Å². The maximum atomic E-state index is 6.15. The highest BCUT2D eigenvalue weighted by atomic mass is 32.1. The Morgan fingerprint density at radius 2 is 2.06 bits per heavy atom. The molecule has 0 fully saturated rings. The number of nitrogens with zero attached hydrogens (tertiary/aromatic N) is 3. The zero-order chi connectivity index (χ0) is 13.1. The van der Waals surface area contributed by atoms with E-state index in [9.17, 15) is 0 Å². The summed E-state index contributed by atoms with van der Waals surface area (Å²) in [6.07, 6.45) is 3.63. The molecular formula is C13H20N4S. The summed E-state index contributed by atoms with van der Waals surface area (Å²) in [5, 5.41) is 7.70. The second-order valence-corrected chi connectivity index (χ2v) is 5.97. The summed E-state index contributed by atoms with van der Waals surface area (Å²) < 4.78 is 1.97. The molecule has 0 aliphatic rings. The van der Waals surface area contributed by atoms with Crippen LogP contribution in [0.3, 0.4) is 0 Å². The lowest BCUT2D eigenvalue weighted by Crippen LogP contribution is -2.26. The van der Waals surface area contributed by atoms with Crippen LogP contribution in [0.25, 0.3) is 0 Å². The normalized spacial score (nSPS) is 13.2. The average molecular weight is 264 g/mol. The van der Waals surface area contributed by atoms with Gasteiger partial charge in [-0.3, -0.25) is 4.68 Å². The zero-order valence-corrected chi connectivity index (χ0v) is 11.9. The van der Waals surface area contributed by atoms with Crippen molar-refractivity contribution in [3.05, 3.63) is 34.0 Å². The third-order valence-electron chi connectivity index (χ3n) is 2.80. The lowest BCUT2D eigenvalue weighted by atomic mass is 10.1. The Hall–Kier alpha value is -1.20. The zero-order valence-electron chi connectivity index (χ0n) is 11.1. The molecule has 0 amide bonds. The Balaban J connectivity index is 1.92. The van der Waals surface area contributed by atoms with Crippen molar-refractivity contribution in [2.45, 2.75) is 45.7 Å². The molecule has 1 atom stereocenters. The van der Waals surface area contributed by atoms with Crippen molar-refractivity contribution in [2.75, 3.05) is 0 Å². The number of hydrogen-bond donors (Lipinski definition) is 1. The molecule has 0 saturated heterocycles. The number of aromatic nitrogens is 3. The summed E-state index contributed by atoms with van der Waals surface area (Å²) in [6.45, 7) is 6.26. The molecule has 98 valence electrons. The summed E-state index contributed by atoms with van der Waals surface area (Å²) in [7, 11) is 0. The second-order valence-electron chi connectivity index (χ2n) is 4.91. The van der Waals surface area contributed by atoms with Gasteiger partial charge in [0.1, 0.15) is 0 Å². The van der Waals surface area contributed by atoms with Crippen molar-refractivity contribution in [1.29, 1.82) is 0 Å². The van der Waals surface area contributed by atoms with Crippen LogP contribution >= 0.6 is 11.3 Å². The van der Waals surface area contributed by atoms with Gasteiger partial charge in [-0.2, -0.15) is 5.10 Å². The van der Waals surface area contributed by atoms with E-state index >= 15 is 0 Å². The summed E-state index contributed by atoms with van der Waals surface area (Å²) in [5.41, 5.74) is 8.30. The Bertz CT molecular complexity index is 501. The van der Waals surface area contributed by atoms with Crippen molar-refractivity contribution >= 4 is 11.3 Å². The van der Waals surface area contributed by atoms with Gasteiger partial charge in [0, 0.05) is 36.5 Å². The van der Waals surface area contributed by atoms with Gasteiger partial charge >= 0.3 is 0 Å². The van der Waals surface area contributed by atoms with E-state index in [-0.39, 0.29) is 6.04 Å². The van der Waals surface area contributed by atoms with Gasteiger partial charge in [-0.1, -0.05) is 0 Å². The van der Waals surface area contributed by atoms with E-state index in [1.54, 1.807) is 11.3 Å². The predicted molar refractivity (Wildman–Crippen MR) is 74.8 cm³/mol. The molecule has 2 N–H and O–H groups in total. The van der Waals surface area contributed by atoms with Crippen molar-refractivity contribution < 1.29 is 0 Å². The van der Waals surface area contributed by atoms with Gasteiger partial charge in [-0.05, 0) is 26.8 Å². The molecule has 0 saturated carbocycles. The highest BCUT2D eigenvalue weighted by Gasteiger charge is 2.10. The van der Waals surface area contributed by atoms with Crippen LogP contribution in [0.1, 0.15) is 36.3 Å². The number of hydrogen-bond acceptors (Lipinski definition) is 4. The molecule has 4 nitrogen and oxygen atoms in total. The molecule has 0 aromatic carbocycles. The summed E-state index contributed by atoms with van der Waals surface area (Å²) in [4.78, 5) is 4.44. The van der Waals surface area contributed by atoms with Crippen LogP contribution in [-0.4, -0.2) is 20.8 Å². The first-order valence-electron chi connectivity index (χ1n) is 6.25. The minimum absolute atomic E-state index is 0.0852. The van der Waals surface area contributed by atoms with Crippen LogP contribution < -0.4 is 5.73 Å². The molecule has 2 rings (SSSR count). The molecule has 5 heteroatoms. The summed E-state index contributed by atoms with van der Waals surface area (Å²) in [6, 6.07) is 2.53. The lowest BCUT2D eigenvalue weighted by molar-refractivity contribution is 0.521. The number of rotatable bonds is 5. The fraction of sp³-hybridized carbons (Fsp3) is 0.538. The third kappa shape index (κ3) is 3.40. The highest BCUT2D eigenvalue weighted by Crippen LogP contribution is 2.11. The quantitative estimate of drug-likeness (QED) is 0.902. The molecule has 0 spiro atoms. The summed E-state index contributed by atoms with van der Waals surface area (Å²) in [5.74, 6) is 0. The van der Waals surface area contributed by atoms with Crippen LogP contribution in [0, 0.1) is 6.92 Å². The molecule has 2 heterocycles. The minimum Gasteiger partial charge on any atom is -0.327 e. The fourth-order valence-electron chi connectivity index (χ4n) is 1.89. The van der Waals surface area contributed by atoms with E-state index in [1.807, 2.05) is 23.9 Å². The van der Waals surface area contributed by atoms with Gasteiger partial charge in [0.25, 0.3) is 0 Å². The van der Waals surface area contributed by atoms with Gasteiger partial charge < -0.3 is 5.73 Å². The second kappa shape index (κ2) is 5.63. The number of thiazole rings is 1. The van der Waals surface area contributed by atoms with E-state index < -0.39 is 0 Å². The van der Waals surface area contributed by atoms with Crippen LogP contribution in [0.5, 0.6) is 0 Å². The van der Waals surface area contributed by atoms with E-state index in [0.29, 0.717) is 6.04 Å².